The fourth-order valence-electron chi connectivity index (χ4n) is 2.13. The summed E-state index contributed by atoms with van der Waals surface area (Å²) in [7, 11) is 0. The molecular weight excluding hydrogens is 218 g/mol. The van der Waals surface area contributed by atoms with E-state index >= 15 is 0 Å². The molecule has 0 amide bonds. The molecule has 2 atom stereocenters. The lowest BCUT2D eigenvalue weighted by atomic mass is 10.2. The molecule has 0 aromatic carbocycles. The van der Waals surface area contributed by atoms with E-state index in [1.165, 1.54) is 19.4 Å². The molecule has 1 fully saturated rings. The van der Waals surface area contributed by atoms with Crippen LogP contribution in [0.3, 0.4) is 0 Å². The highest BCUT2D eigenvalue weighted by Gasteiger charge is 2.22. The summed E-state index contributed by atoms with van der Waals surface area (Å²) in [5.41, 5.74) is 0. The summed E-state index contributed by atoms with van der Waals surface area (Å²) >= 11 is 5.27. The normalized spacial score (nSPS) is 23.1. The Kier molecular flexibility index (Phi) is 6.06. The summed E-state index contributed by atoms with van der Waals surface area (Å²) in [5.74, 6) is 0. The molecule has 0 aromatic rings. The second-order valence-electron chi connectivity index (χ2n) is 4.59. The van der Waals surface area contributed by atoms with Crippen LogP contribution >= 0.6 is 12.2 Å². The SMILES string of the molecule is CC[C@@H](C)NC(=S)NC[C@@H]1CCCN1CC. The van der Waals surface area contributed by atoms with Crippen LogP contribution in [0.4, 0.5) is 0 Å². The lowest BCUT2D eigenvalue weighted by Crippen LogP contribution is -2.45. The first kappa shape index (κ1) is 13.7. The molecule has 0 saturated carbocycles. The van der Waals surface area contributed by atoms with Crippen molar-refractivity contribution in [3.8, 4) is 0 Å². The molecule has 0 spiro atoms. The topological polar surface area (TPSA) is 27.3 Å². The van der Waals surface area contributed by atoms with Crippen LogP contribution in [0.2, 0.25) is 0 Å². The van der Waals surface area contributed by atoms with Gasteiger partial charge in [0.15, 0.2) is 5.11 Å². The Morgan fingerprint density at radius 3 is 2.88 bits per heavy atom. The van der Waals surface area contributed by atoms with Crippen LogP contribution in [0.15, 0.2) is 0 Å². The molecule has 1 saturated heterocycles. The Bertz CT molecular complexity index is 220. The average molecular weight is 243 g/mol. The van der Waals surface area contributed by atoms with Gasteiger partial charge in [0.2, 0.25) is 0 Å². The Balaban J connectivity index is 2.20. The molecule has 1 aliphatic rings. The predicted octanol–water partition coefficient (Wildman–Crippen LogP) is 1.73. The van der Waals surface area contributed by atoms with Crippen LogP contribution in [-0.4, -0.2) is 41.7 Å². The van der Waals surface area contributed by atoms with Crippen molar-refractivity contribution in [2.24, 2.45) is 0 Å². The van der Waals surface area contributed by atoms with E-state index in [0.29, 0.717) is 12.1 Å². The minimum absolute atomic E-state index is 0.464. The number of likely N-dealkylation sites (tertiary alicyclic amines) is 1. The minimum atomic E-state index is 0.464. The molecule has 1 rings (SSSR count). The fourth-order valence-corrected chi connectivity index (χ4v) is 2.41. The summed E-state index contributed by atoms with van der Waals surface area (Å²) in [6.07, 6.45) is 3.73. The number of likely N-dealkylation sites (N-methyl/N-ethyl adjacent to an activating group) is 1. The lowest BCUT2D eigenvalue weighted by molar-refractivity contribution is 0.267. The standard InChI is InChI=1S/C12H25N3S/c1-4-10(3)14-12(16)13-9-11-7-6-8-15(11)5-2/h10-11H,4-9H2,1-3H3,(H2,13,14,16)/t10-,11+/m1/s1. The van der Waals surface area contributed by atoms with Crippen LogP contribution in [0.25, 0.3) is 0 Å². The van der Waals surface area contributed by atoms with Crippen molar-refractivity contribution in [1.29, 1.82) is 0 Å². The van der Waals surface area contributed by atoms with E-state index in [1.54, 1.807) is 0 Å². The third-order valence-electron chi connectivity index (χ3n) is 3.39. The Labute approximate surface area is 105 Å². The van der Waals surface area contributed by atoms with Crippen LogP contribution in [0.1, 0.15) is 40.0 Å². The maximum Gasteiger partial charge on any atom is 0.166 e. The third kappa shape index (κ3) is 4.26. The molecule has 16 heavy (non-hydrogen) atoms. The number of thiocarbonyl (C=S) groups is 1. The number of rotatable bonds is 5. The highest BCUT2D eigenvalue weighted by molar-refractivity contribution is 7.80. The van der Waals surface area contributed by atoms with E-state index in [-0.39, 0.29) is 0 Å². The van der Waals surface area contributed by atoms with E-state index in [4.69, 9.17) is 12.2 Å². The zero-order valence-corrected chi connectivity index (χ0v) is 11.6. The van der Waals surface area contributed by atoms with Crippen LogP contribution in [0, 0.1) is 0 Å². The Hall–Kier alpha value is -0.350. The second kappa shape index (κ2) is 7.07. The Morgan fingerprint density at radius 1 is 1.50 bits per heavy atom. The molecule has 4 heteroatoms. The highest BCUT2D eigenvalue weighted by atomic mass is 32.1. The van der Waals surface area contributed by atoms with Crippen molar-refractivity contribution >= 4 is 17.3 Å². The Morgan fingerprint density at radius 2 is 2.25 bits per heavy atom. The van der Waals surface area contributed by atoms with Crippen molar-refractivity contribution in [3.63, 3.8) is 0 Å². The van der Waals surface area contributed by atoms with Gasteiger partial charge in [0.25, 0.3) is 0 Å². The maximum absolute atomic E-state index is 5.27. The van der Waals surface area contributed by atoms with E-state index in [1.807, 2.05) is 0 Å². The van der Waals surface area contributed by atoms with Gasteiger partial charge in [-0.1, -0.05) is 13.8 Å². The van der Waals surface area contributed by atoms with Gasteiger partial charge in [-0.15, -0.1) is 0 Å². The smallest absolute Gasteiger partial charge is 0.166 e. The van der Waals surface area contributed by atoms with Gasteiger partial charge >= 0.3 is 0 Å². The van der Waals surface area contributed by atoms with Gasteiger partial charge in [0.1, 0.15) is 0 Å². The van der Waals surface area contributed by atoms with Crippen LogP contribution < -0.4 is 10.6 Å². The summed E-state index contributed by atoms with van der Waals surface area (Å²) in [4.78, 5) is 2.53. The van der Waals surface area contributed by atoms with E-state index in [9.17, 15) is 0 Å². The first-order valence-corrected chi connectivity index (χ1v) is 6.86. The zero-order chi connectivity index (χ0) is 12.0. The van der Waals surface area contributed by atoms with Gasteiger partial charge in [0.05, 0.1) is 0 Å². The molecule has 1 aliphatic heterocycles. The number of hydrogen-bond donors (Lipinski definition) is 2. The van der Waals surface area contributed by atoms with Gasteiger partial charge in [-0.25, -0.2) is 0 Å². The molecule has 0 aromatic heterocycles. The zero-order valence-electron chi connectivity index (χ0n) is 10.8. The molecule has 1 heterocycles. The highest BCUT2D eigenvalue weighted by Crippen LogP contribution is 2.15. The molecular formula is C12H25N3S. The largest absolute Gasteiger partial charge is 0.361 e. The first-order valence-electron chi connectivity index (χ1n) is 6.45. The summed E-state index contributed by atoms with van der Waals surface area (Å²) in [5, 5.41) is 7.42. The van der Waals surface area contributed by atoms with Gasteiger partial charge in [-0.2, -0.15) is 0 Å². The van der Waals surface area contributed by atoms with Crippen molar-refractivity contribution in [2.45, 2.75) is 52.1 Å². The fraction of sp³-hybridized carbons (Fsp3) is 0.917. The quantitative estimate of drug-likeness (QED) is 0.719. The van der Waals surface area contributed by atoms with Gasteiger partial charge < -0.3 is 10.6 Å². The van der Waals surface area contributed by atoms with E-state index in [0.717, 1.165) is 24.6 Å². The van der Waals surface area contributed by atoms with Gasteiger partial charge in [-0.05, 0) is 51.5 Å². The van der Waals surface area contributed by atoms with Crippen molar-refractivity contribution < 1.29 is 0 Å². The first-order chi connectivity index (χ1) is 7.67. The number of nitrogens with zero attached hydrogens (tertiary/aromatic N) is 1. The van der Waals surface area contributed by atoms with Crippen molar-refractivity contribution in [3.05, 3.63) is 0 Å². The van der Waals surface area contributed by atoms with E-state index < -0.39 is 0 Å². The van der Waals surface area contributed by atoms with Crippen LogP contribution in [0.5, 0.6) is 0 Å². The monoisotopic (exact) mass is 243 g/mol. The molecule has 3 nitrogen and oxygen atoms in total. The van der Waals surface area contributed by atoms with Crippen molar-refractivity contribution in [2.75, 3.05) is 19.6 Å². The molecule has 94 valence electrons. The molecule has 0 aliphatic carbocycles. The van der Waals surface area contributed by atoms with Crippen LogP contribution in [-0.2, 0) is 0 Å². The minimum Gasteiger partial charge on any atom is -0.361 e. The number of hydrogen-bond acceptors (Lipinski definition) is 2. The van der Waals surface area contributed by atoms with E-state index in [2.05, 4.69) is 36.3 Å². The van der Waals surface area contributed by atoms with Gasteiger partial charge in [0, 0.05) is 18.6 Å². The lowest BCUT2D eigenvalue weighted by Gasteiger charge is -2.24. The molecule has 0 unspecified atom stereocenters. The summed E-state index contributed by atoms with van der Waals surface area (Å²) in [6.45, 7) is 9.93. The molecule has 2 N–H and O–H groups in total. The van der Waals surface area contributed by atoms with Gasteiger partial charge in [-0.3, -0.25) is 4.90 Å². The average Bonchev–Trinajstić information content (AvgIpc) is 2.73. The second-order valence-corrected chi connectivity index (χ2v) is 5.00. The molecule has 0 bridgehead atoms. The maximum atomic E-state index is 5.27. The molecule has 0 radical (unpaired) electrons. The van der Waals surface area contributed by atoms with Crippen molar-refractivity contribution in [1.82, 2.24) is 15.5 Å². The summed E-state index contributed by atoms with van der Waals surface area (Å²) < 4.78 is 0. The third-order valence-corrected chi connectivity index (χ3v) is 3.66. The summed E-state index contributed by atoms with van der Waals surface area (Å²) in [6, 6.07) is 1.13. The number of nitrogens with one attached hydrogen (secondary N) is 2. The predicted molar refractivity (Wildman–Crippen MR) is 73.8 cm³/mol.